The van der Waals surface area contributed by atoms with E-state index in [1.807, 2.05) is 0 Å². The molecule has 0 aliphatic rings. The van der Waals surface area contributed by atoms with Crippen LogP contribution in [0.25, 0.3) is 0 Å². The average molecular weight is 349 g/mol. The number of carbonyl (C=O) groups is 1. The first-order valence-electron chi connectivity index (χ1n) is 7.51. The molecule has 25 heavy (non-hydrogen) atoms. The van der Waals surface area contributed by atoms with E-state index in [0.717, 1.165) is 6.07 Å². The molecule has 7 nitrogen and oxygen atoms in total. The first-order chi connectivity index (χ1) is 11.7. The first-order valence-corrected chi connectivity index (χ1v) is 7.51. The van der Waals surface area contributed by atoms with Gasteiger partial charge in [0, 0.05) is 18.0 Å². The van der Waals surface area contributed by atoms with E-state index in [9.17, 15) is 14.3 Å². The second-order valence-electron chi connectivity index (χ2n) is 6.21. The fraction of sp³-hybridized carbons (Fsp3) is 0.294. The third-order valence-electron chi connectivity index (χ3n) is 2.97. The van der Waals surface area contributed by atoms with Crippen molar-refractivity contribution >= 4 is 17.6 Å². The van der Waals surface area contributed by atoms with Crippen LogP contribution in [0.15, 0.2) is 30.5 Å². The van der Waals surface area contributed by atoms with E-state index in [2.05, 4.69) is 10.3 Å². The average Bonchev–Trinajstić information content (AvgIpc) is 2.48. The Morgan fingerprint density at radius 3 is 2.64 bits per heavy atom. The molecule has 1 heterocycles. The Hall–Kier alpha value is -2.87. The summed E-state index contributed by atoms with van der Waals surface area (Å²) in [5, 5.41) is 12.1. The largest absolute Gasteiger partial charge is 0.454 e. The van der Waals surface area contributed by atoms with Crippen LogP contribution in [0, 0.1) is 5.82 Å². The third kappa shape index (κ3) is 5.05. The number of ether oxygens (including phenoxy) is 2. The summed E-state index contributed by atoms with van der Waals surface area (Å²) in [6, 6.07) is 5.42. The molecule has 0 radical (unpaired) electrons. The number of amides is 1. The topological polar surface area (TPSA) is 107 Å². The maximum atomic E-state index is 13.9. The Morgan fingerprint density at radius 2 is 2.04 bits per heavy atom. The van der Waals surface area contributed by atoms with Gasteiger partial charge in [-0.25, -0.2) is 14.2 Å². The zero-order valence-electron chi connectivity index (χ0n) is 14.2. The predicted octanol–water partition coefficient (Wildman–Crippen LogP) is 3.43. The Labute approximate surface area is 144 Å². The molecule has 0 aliphatic heterocycles. The Balaban J connectivity index is 2.27. The summed E-state index contributed by atoms with van der Waals surface area (Å²) in [5.41, 5.74) is 5.25. The van der Waals surface area contributed by atoms with E-state index in [4.69, 9.17) is 15.2 Å². The van der Waals surface area contributed by atoms with E-state index in [0.29, 0.717) is 0 Å². The fourth-order valence-electron chi connectivity index (χ4n) is 1.95. The van der Waals surface area contributed by atoms with Crippen LogP contribution in [0.5, 0.6) is 11.5 Å². The van der Waals surface area contributed by atoms with Gasteiger partial charge in [-0.3, -0.25) is 5.32 Å². The maximum absolute atomic E-state index is 13.9. The van der Waals surface area contributed by atoms with E-state index < -0.39 is 24.1 Å². The van der Waals surface area contributed by atoms with Gasteiger partial charge in [0.25, 0.3) is 0 Å². The molecule has 0 aliphatic carbocycles. The van der Waals surface area contributed by atoms with Crippen molar-refractivity contribution in [2.24, 2.45) is 0 Å². The molecule has 0 saturated carbocycles. The van der Waals surface area contributed by atoms with Crippen molar-refractivity contribution in [3.05, 3.63) is 41.8 Å². The number of nitrogens with one attached hydrogen (secondary N) is 1. The van der Waals surface area contributed by atoms with Crippen molar-refractivity contribution in [2.45, 2.75) is 33.0 Å². The molecule has 0 unspecified atom stereocenters. The van der Waals surface area contributed by atoms with Crippen molar-refractivity contribution in [1.82, 2.24) is 4.98 Å². The number of aliphatic hydroxyl groups is 1. The highest BCUT2D eigenvalue weighted by Gasteiger charge is 2.19. The molecular formula is C17H20FN3O4. The minimum atomic E-state index is -0.731. The minimum Gasteiger partial charge on any atom is -0.454 e. The van der Waals surface area contributed by atoms with Crippen LogP contribution in [0.4, 0.5) is 20.7 Å². The van der Waals surface area contributed by atoms with Crippen LogP contribution < -0.4 is 15.8 Å². The highest BCUT2D eigenvalue weighted by Crippen LogP contribution is 2.31. The molecule has 1 aromatic heterocycles. The zero-order valence-corrected chi connectivity index (χ0v) is 14.2. The Kier molecular flexibility index (Phi) is 5.43. The van der Waals surface area contributed by atoms with E-state index >= 15 is 0 Å². The van der Waals surface area contributed by atoms with Crippen molar-refractivity contribution in [3.8, 4) is 11.5 Å². The number of pyridine rings is 1. The molecule has 0 fully saturated rings. The lowest BCUT2D eigenvalue weighted by Gasteiger charge is -2.20. The number of hydrogen-bond acceptors (Lipinski definition) is 6. The third-order valence-corrected chi connectivity index (χ3v) is 2.97. The molecule has 2 rings (SSSR count). The molecule has 1 aromatic carbocycles. The number of carbonyl (C=O) groups excluding carboxylic acids is 1. The van der Waals surface area contributed by atoms with Crippen LogP contribution >= 0.6 is 0 Å². The van der Waals surface area contributed by atoms with Crippen molar-refractivity contribution < 1.29 is 23.8 Å². The van der Waals surface area contributed by atoms with E-state index in [1.54, 1.807) is 20.8 Å². The number of rotatable bonds is 4. The smallest absolute Gasteiger partial charge is 0.413 e. The summed E-state index contributed by atoms with van der Waals surface area (Å²) >= 11 is 0. The number of anilines is 2. The number of hydrogen-bond donors (Lipinski definition) is 3. The number of nitrogens with zero attached hydrogens (tertiary/aromatic N) is 1. The molecule has 8 heteroatoms. The molecule has 0 bridgehead atoms. The molecule has 1 amide bonds. The number of benzene rings is 1. The van der Waals surface area contributed by atoms with Gasteiger partial charge in [0.1, 0.15) is 17.2 Å². The van der Waals surface area contributed by atoms with Gasteiger partial charge >= 0.3 is 6.09 Å². The van der Waals surface area contributed by atoms with Crippen LogP contribution in [-0.2, 0) is 11.3 Å². The van der Waals surface area contributed by atoms with Gasteiger partial charge in [-0.05, 0) is 39.0 Å². The number of nitrogen functional groups attached to an aromatic ring is 1. The summed E-state index contributed by atoms with van der Waals surface area (Å²) in [6.45, 7) is 4.67. The van der Waals surface area contributed by atoms with Crippen molar-refractivity contribution in [3.63, 3.8) is 0 Å². The SMILES string of the molecule is CC(C)(C)OC(=O)Nc1nccc(Oc2ccc(N)cc2F)c1CO. The Morgan fingerprint density at radius 1 is 1.32 bits per heavy atom. The number of halogens is 1. The summed E-state index contributed by atoms with van der Waals surface area (Å²) in [6.07, 6.45) is 0.627. The van der Waals surface area contributed by atoms with Gasteiger partial charge in [-0.15, -0.1) is 0 Å². The maximum Gasteiger partial charge on any atom is 0.413 e. The quantitative estimate of drug-likeness (QED) is 0.730. The molecule has 0 spiro atoms. The van der Waals surface area contributed by atoms with Gasteiger partial charge in [0.05, 0.1) is 12.2 Å². The second kappa shape index (κ2) is 7.35. The predicted molar refractivity (Wildman–Crippen MR) is 90.9 cm³/mol. The van der Waals surface area contributed by atoms with E-state index in [-0.39, 0.29) is 28.6 Å². The van der Waals surface area contributed by atoms with Gasteiger partial charge in [0.15, 0.2) is 11.6 Å². The molecule has 134 valence electrons. The summed E-state index contributed by atoms with van der Waals surface area (Å²) < 4.78 is 24.5. The van der Waals surface area contributed by atoms with Gasteiger partial charge in [0.2, 0.25) is 0 Å². The molecule has 4 N–H and O–H groups in total. The molecule has 2 aromatic rings. The molecule has 0 atom stereocenters. The highest BCUT2D eigenvalue weighted by molar-refractivity contribution is 5.85. The monoisotopic (exact) mass is 349 g/mol. The van der Waals surface area contributed by atoms with Crippen LogP contribution in [0.2, 0.25) is 0 Å². The summed E-state index contributed by atoms with van der Waals surface area (Å²) in [7, 11) is 0. The minimum absolute atomic E-state index is 0.0603. The summed E-state index contributed by atoms with van der Waals surface area (Å²) in [4.78, 5) is 15.9. The zero-order chi connectivity index (χ0) is 18.6. The van der Waals surface area contributed by atoms with Crippen molar-refractivity contribution in [1.29, 1.82) is 0 Å². The summed E-state index contributed by atoms with van der Waals surface area (Å²) in [5.74, 6) is -0.516. The highest BCUT2D eigenvalue weighted by atomic mass is 19.1. The number of nitrogens with two attached hydrogens (primary N) is 1. The van der Waals surface area contributed by atoms with Crippen molar-refractivity contribution in [2.75, 3.05) is 11.1 Å². The molecular weight excluding hydrogens is 329 g/mol. The van der Waals surface area contributed by atoms with Crippen LogP contribution in [0.1, 0.15) is 26.3 Å². The lowest BCUT2D eigenvalue weighted by atomic mass is 10.2. The lowest BCUT2D eigenvalue weighted by molar-refractivity contribution is 0.0635. The van der Waals surface area contributed by atoms with E-state index in [1.165, 1.54) is 24.4 Å². The van der Waals surface area contributed by atoms with Crippen LogP contribution in [0.3, 0.4) is 0 Å². The van der Waals surface area contributed by atoms with Gasteiger partial charge < -0.3 is 20.3 Å². The number of aromatic nitrogens is 1. The lowest BCUT2D eigenvalue weighted by Crippen LogP contribution is -2.27. The molecule has 0 saturated heterocycles. The normalized spacial score (nSPS) is 11.1. The fourth-order valence-corrected chi connectivity index (χ4v) is 1.95. The number of aliphatic hydroxyl groups excluding tert-OH is 1. The van der Waals surface area contributed by atoms with Gasteiger partial charge in [-0.1, -0.05) is 0 Å². The second-order valence-corrected chi connectivity index (χ2v) is 6.21. The Bertz CT molecular complexity index is 775. The first kappa shape index (κ1) is 18.5. The van der Waals surface area contributed by atoms with Gasteiger partial charge in [-0.2, -0.15) is 0 Å². The van der Waals surface area contributed by atoms with Crippen LogP contribution in [-0.4, -0.2) is 21.8 Å². The standard InChI is InChI=1S/C17H20FN3O4/c1-17(2,3)25-16(23)21-15-11(9-22)13(6-7-20-15)24-14-5-4-10(19)8-12(14)18/h4-8,22H,9,19H2,1-3H3,(H,20,21,23).